The molecule has 0 saturated carbocycles. The number of carbonyl (C=O) groups excluding carboxylic acids is 6. The van der Waals surface area contributed by atoms with Gasteiger partial charge in [-0.3, -0.25) is 29.8 Å². The summed E-state index contributed by atoms with van der Waals surface area (Å²) < 4.78 is 20.9. The van der Waals surface area contributed by atoms with Crippen LogP contribution in [0.25, 0.3) is 4.85 Å². The molecule has 4 amide bonds. The first-order valence-electron chi connectivity index (χ1n) is 11.0. The number of imide groups is 2. The second-order valence-electron chi connectivity index (χ2n) is 7.78. The fourth-order valence-electron chi connectivity index (χ4n) is 3.54. The lowest BCUT2D eigenvalue weighted by Gasteiger charge is -2.15. The maximum Gasteiger partial charge on any atom is 0.513 e. The van der Waals surface area contributed by atoms with Gasteiger partial charge in [0.15, 0.2) is 11.5 Å². The first-order chi connectivity index (χ1) is 20.1. The number of nitrogens with one attached hydrogen (secondary N) is 2. The molecule has 0 radical (unpaired) electrons. The van der Waals surface area contributed by atoms with Crippen LogP contribution in [0.5, 0.6) is 11.5 Å². The Bertz CT molecular complexity index is 1620. The Morgan fingerprint density at radius 2 is 1.19 bits per heavy atom. The Labute approximate surface area is 251 Å². The standard InChI is InChI=1S/C24H10N4O10S4/c1-26-10-5-9(19(31)28-20(10)32)22-41-15-11(37-23(33)35-2)13-14(12(16(15)42-22)38-24(34)36-3)40-21(39-13)8-4-7(6-25)17(29)27-18(8)30/h4-5H,2-3H3,(H,27,29,30)(H,28,31,32). The molecule has 1 aromatic carbocycles. The van der Waals surface area contributed by atoms with Crippen molar-refractivity contribution in [1.82, 2.24) is 10.6 Å². The highest BCUT2D eigenvalue weighted by molar-refractivity contribution is 8.26. The van der Waals surface area contributed by atoms with Gasteiger partial charge in [-0.2, -0.15) is 5.26 Å². The van der Waals surface area contributed by atoms with Crippen molar-refractivity contribution in [2.75, 3.05) is 14.2 Å². The number of nitrogens with zero attached hydrogens (tertiary/aromatic N) is 2. The molecule has 5 rings (SSSR count). The average Bonchev–Trinajstić information content (AvgIpc) is 3.60. The Balaban J connectivity index is 1.73. The lowest BCUT2D eigenvalue weighted by Crippen LogP contribution is -2.36. The van der Waals surface area contributed by atoms with E-state index < -0.39 is 35.9 Å². The molecule has 0 unspecified atom stereocenters. The quantitative estimate of drug-likeness (QED) is 0.157. The van der Waals surface area contributed by atoms with Gasteiger partial charge >= 0.3 is 12.3 Å². The van der Waals surface area contributed by atoms with E-state index in [-0.39, 0.29) is 62.0 Å². The molecule has 4 aliphatic heterocycles. The summed E-state index contributed by atoms with van der Waals surface area (Å²) in [5, 5.41) is 13.5. The first kappa shape index (κ1) is 28.9. The van der Waals surface area contributed by atoms with Crippen LogP contribution in [0.3, 0.4) is 0 Å². The van der Waals surface area contributed by atoms with Crippen LogP contribution < -0.4 is 20.1 Å². The molecule has 0 aromatic heterocycles. The average molecular weight is 643 g/mol. The molecule has 42 heavy (non-hydrogen) atoms. The zero-order valence-electron chi connectivity index (χ0n) is 20.8. The highest BCUT2D eigenvalue weighted by Crippen LogP contribution is 2.68. The molecule has 0 atom stereocenters. The van der Waals surface area contributed by atoms with E-state index in [9.17, 15) is 34.0 Å². The van der Waals surface area contributed by atoms with Gasteiger partial charge in [-0.1, -0.05) is 47.0 Å². The zero-order valence-corrected chi connectivity index (χ0v) is 24.0. The van der Waals surface area contributed by atoms with Crippen molar-refractivity contribution in [1.29, 1.82) is 5.26 Å². The van der Waals surface area contributed by atoms with E-state index in [0.717, 1.165) is 73.4 Å². The maximum absolute atomic E-state index is 12.7. The van der Waals surface area contributed by atoms with Gasteiger partial charge in [0.1, 0.15) is 11.6 Å². The number of hydrogen-bond donors (Lipinski definition) is 2. The van der Waals surface area contributed by atoms with Crippen molar-refractivity contribution >= 4 is 83.0 Å². The number of fused-ring (bicyclic) bond motifs is 2. The summed E-state index contributed by atoms with van der Waals surface area (Å²) in [6.45, 7) is 7.22. The van der Waals surface area contributed by atoms with Gasteiger partial charge in [-0.05, 0) is 12.2 Å². The van der Waals surface area contributed by atoms with Crippen LogP contribution in [-0.4, -0.2) is 50.2 Å². The van der Waals surface area contributed by atoms with E-state index >= 15 is 0 Å². The number of thioether (sulfide) groups is 4. The molecule has 18 heteroatoms. The van der Waals surface area contributed by atoms with Crippen molar-refractivity contribution in [3.05, 3.63) is 54.5 Å². The summed E-state index contributed by atoms with van der Waals surface area (Å²) in [6, 6.07) is 1.71. The Morgan fingerprint density at radius 3 is 1.60 bits per heavy atom. The van der Waals surface area contributed by atoms with E-state index in [1.807, 2.05) is 0 Å². The van der Waals surface area contributed by atoms with Gasteiger partial charge in [0.2, 0.25) is 0 Å². The number of carbonyl (C=O) groups is 6. The van der Waals surface area contributed by atoms with Crippen molar-refractivity contribution in [2.24, 2.45) is 0 Å². The number of hydrogen-bond acceptors (Lipinski definition) is 15. The maximum atomic E-state index is 12.7. The Kier molecular flexibility index (Phi) is 7.80. The molecular weight excluding hydrogens is 633 g/mol. The molecule has 0 fully saturated rings. The second kappa shape index (κ2) is 11.3. The van der Waals surface area contributed by atoms with Crippen molar-refractivity contribution < 1.29 is 47.7 Å². The second-order valence-corrected chi connectivity index (χ2v) is 12.4. The lowest BCUT2D eigenvalue weighted by molar-refractivity contribution is -0.128. The minimum atomic E-state index is -1.11. The monoisotopic (exact) mass is 642 g/mol. The highest BCUT2D eigenvalue weighted by atomic mass is 32.2. The van der Waals surface area contributed by atoms with E-state index in [1.165, 1.54) is 0 Å². The predicted molar refractivity (Wildman–Crippen MR) is 145 cm³/mol. The van der Waals surface area contributed by atoms with E-state index in [1.54, 1.807) is 6.07 Å². The van der Waals surface area contributed by atoms with Crippen molar-refractivity contribution in [3.63, 3.8) is 0 Å². The SMILES string of the molecule is [C-]#[N+]C1=CC(=C2Sc3c(OC(=O)OC)c4c(c(OC(=O)OC)c3S2)SC(=C2C=C(C#N)C(=O)NC2=O)S4)C(=O)NC1=O. The van der Waals surface area contributed by atoms with Crippen LogP contribution in [0.4, 0.5) is 9.59 Å². The predicted octanol–water partition coefficient (Wildman–Crippen LogP) is 3.36. The molecule has 2 N–H and O–H groups in total. The summed E-state index contributed by atoms with van der Waals surface area (Å²) in [5.74, 6) is -3.41. The summed E-state index contributed by atoms with van der Waals surface area (Å²) >= 11 is 3.74. The van der Waals surface area contributed by atoms with Crippen LogP contribution in [0, 0.1) is 17.9 Å². The van der Waals surface area contributed by atoms with Gasteiger partial charge in [-0.25, -0.2) is 14.4 Å². The van der Waals surface area contributed by atoms with Gasteiger partial charge < -0.3 is 18.9 Å². The third kappa shape index (κ3) is 5.01. The van der Waals surface area contributed by atoms with Crippen LogP contribution in [0.2, 0.25) is 0 Å². The van der Waals surface area contributed by atoms with Gasteiger partial charge in [0, 0.05) is 0 Å². The number of methoxy groups -OCH3 is 2. The lowest BCUT2D eigenvalue weighted by atomic mass is 10.1. The first-order valence-corrected chi connectivity index (χ1v) is 14.2. The van der Waals surface area contributed by atoms with E-state index in [0.29, 0.717) is 0 Å². The van der Waals surface area contributed by atoms with Crippen LogP contribution in [0.1, 0.15) is 0 Å². The Hall–Kier alpha value is -4.62. The van der Waals surface area contributed by atoms with E-state index in [2.05, 4.69) is 25.0 Å². The topological polar surface area (TPSA) is 192 Å². The largest absolute Gasteiger partial charge is 0.513 e. The van der Waals surface area contributed by atoms with Gasteiger partial charge in [0.05, 0.1) is 60.0 Å². The molecule has 4 aliphatic rings. The summed E-state index contributed by atoms with van der Waals surface area (Å²) in [7, 11) is 2.17. The fraction of sp³-hybridized carbons (Fsp3) is 0.0833. The highest BCUT2D eigenvalue weighted by Gasteiger charge is 2.41. The van der Waals surface area contributed by atoms with E-state index in [4.69, 9.17) is 16.0 Å². The van der Waals surface area contributed by atoms with Crippen molar-refractivity contribution in [3.8, 4) is 17.6 Å². The summed E-state index contributed by atoms with van der Waals surface area (Å²) in [4.78, 5) is 77.8. The van der Waals surface area contributed by atoms with Crippen LogP contribution in [0.15, 0.2) is 62.6 Å². The van der Waals surface area contributed by atoms with Crippen LogP contribution in [-0.2, 0) is 28.7 Å². The molecule has 0 bridgehead atoms. The zero-order chi connectivity index (χ0) is 30.3. The number of amides is 4. The molecule has 210 valence electrons. The minimum absolute atomic E-state index is 0.0270. The molecule has 4 heterocycles. The minimum Gasteiger partial charge on any atom is -0.437 e. The molecule has 0 aliphatic carbocycles. The molecular formula is C24H10N4O10S4. The Morgan fingerprint density at radius 1 is 0.762 bits per heavy atom. The molecule has 0 spiro atoms. The van der Waals surface area contributed by atoms with Gasteiger partial charge in [-0.15, -0.1) is 0 Å². The summed E-state index contributed by atoms with van der Waals surface area (Å²) in [6.07, 6.45) is 0.0268. The summed E-state index contributed by atoms with van der Waals surface area (Å²) in [5.41, 5.74) is -0.702. The van der Waals surface area contributed by atoms with Crippen molar-refractivity contribution in [2.45, 2.75) is 19.6 Å². The number of benzene rings is 1. The molecule has 14 nitrogen and oxygen atoms in total. The number of nitriles is 1. The van der Waals surface area contributed by atoms with Crippen LogP contribution >= 0.6 is 47.0 Å². The molecule has 1 aromatic rings. The normalized spacial score (nSPS) is 17.2. The fourth-order valence-corrected chi connectivity index (χ4v) is 8.98. The van der Waals surface area contributed by atoms with Gasteiger partial charge in [0.25, 0.3) is 29.3 Å². The smallest absolute Gasteiger partial charge is 0.437 e. The number of rotatable bonds is 2. The third-order valence-electron chi connectivity index (χ3n) is 5.39. The molecule has 0 saturated heterocycles. The third-order valence-corrected chi connectivity index (χ3v) is 10.6. The number of ether oxygens (including phenoxy) is 4.